The molecule has 3 amide bonds. The van der Waals surface area contributed by atoms with E-state index in [9.17, 15) is 19.2 Å². The SMILES string of the molecule is CCCCCCCN(C(=O)C(CC(C)C)NC(=O)OC(C)(C)C)C(C(=O)NC(Cc1ccccc1)C(=O)OC(C)(C)C)c1ccc(C)cc1. The van der Waals surface area contributed by atoms with Crippen molar-refractivity contribution < 1.29 is 28.7 Å². The van der Waals surface area contributed by atoms with E-state index in [1.54, 1.807) is 46.4 Å². The van der Waals surface area contributed by atoms with Crippen LogP contribution in [0, 0.1) is 12.8 Å². The van der Waals surface area contributed by atoms with E-state index in [4.69, 9.17) is 9.47 Å². The van der Waals surface area contributed by atoms with Crippen molar-refractivity contribution in [2.24, 2.45) is 5.92 Å². The number of hydrogen-bond donors (Lipinski definition) is 2. The first-order chi connectivity index (χ1) is 22.9. The smallest absolute Gasteiger partial charge is 0.408 e. The highest BCUT2D eigenvalue weighted by molar-refractivity contribution is 5.94. The minimum absolute atomic E-state index is 0.0596. The number of esters is 1. The molecule has 49 heavy (non-hydrogen) atoms. The number of rotatable bonds is 17. The molecule has 0 saturated carbocycles. The van der Waals surface area contributed by atoms with Crippen molar-refractivity contribution in [3.8, 4) is 0 Å². The number of ether oxygens (including phenoxy) is 2. The fourth-order valence-corrected chi connectivity index (χ4v) is 5.48. The van der Waals surface area contributed by atoms with Gasteiger partial charge in [0.1, 0.15) is 29.3 Å². The third-order valence-corrected chi connectivity index (χ3v) is 7.73. The second-order valence-corrected chi connectivity index (χ2v) is 15.4. The summed E-state index contributed by atoms with van der Waals surface area (Å²) in [5, 5.41) is 5.79. The van der Waals surface area contributed by atoms with E-state index in [1.807, 2.05) is 75.4 Å². The largest absolute Gasteiger partial charge is 0.458 e. The summed E-state index contributed by atoms with van der Waals surface area (Å²) in [5.74, 6) is -1.38. The standard InChI is InChI=1S/C40H61N3O6/c1-11-12-13-14-18-25-43(36(45)32(26-28(2)3)42-38(47)49-40(8,9)10)34(31-23-21-29(4)22-24-31)35(44)41-33(37(46)48-39(5,6)7)27-30-19-16-15-17-20-30/h15-17,19-24,28,32-34H,11-14,18,25-27H2,1-10H3,(H,41,44)(H,42,47). The van der Waals surface area contributed by atoms with Crippen LogP contribution in [0.5, 0.6) is 0 Å². The van der Waals surface area contributed by atoms with Gasteiger partial charge in [0.15, 0.2) is 0 Å². The number of benzene rings is 2. The normalized spacial score (nSPS) is 13.6. The molecule has 2 aromatic rings. The third-order valence-electron chi connectivity index (χ3n) is 7.73. The van der Waals surface area contributed by atoms with Gasteiger partial charge in [-0.1, -0.05) is 107 Å². The first kappa shape index (κ1) is 41.3. The maximum atomic E-state index is 14.7. The Labute approximate surface area is 294 Å². The van der Waals surface area contributed by atoms with Gasteiger partial charge in [-0.15, -0.1) is 0 Å². The number of hydrogen-bond acceptors (Lipinski definition) is 6. The lowest BCUT2D eigenvalue weighted by molar-refractivity contribution is -0.159. The zero-order valence-corrected chi connectivity index (χ0v) is 31.6. The van der Waals surface area contributed by atoms with Crippen molar-refractivity contribution in [3.63, 3.8) is 0 Å². The van der Waals surface area contributed by atoms with Crippen LogP contribution in [0.1, 0.15) is 124 Å². The van der Waals surface area contributed by atoms with Gasteiger partial charge in [0.25, 0.3) is 0 Å². The maximum Gasteiger partial charge on any atom is 0.408 e. The quantitative estimate of drug-likeness (QED) is 0.130. The van der Waals surface area contributed by atoms with Gasteiger partial charge >= 0.3 is 12.1 Å². The number of carbonyl (C=O) groups excluding carboxylic acids is 4. The molecular formula is C40H61N3O6. The Morgan fingerprint density at radius 1 is 0.755 bits per heavy atom. The molecule has 0 aliphatic rings. The van der Waals surface area contributed by atoms with Gasteiger partial charge in [0, 0.05) is 13.0 Å². The van der Waals surface area contributed by atoms with E-state index in [0.29, 0.717) is 18.4 Å². The molecule has 0 saturated heterocycles. The zero-order chi connectivity index (χ0) is 36.8. The predicted octanol–water partition coefficient (Wildman–Crippen LogP) is 7.84. The number of aryl methyl sites for hydroxylation is 1. The van der Waals surface area contributed by atoms with Crippen LogP contribution < -0.4 is 10.6 Å². The lowest BCUT2D eigenvalue weighted by Gasteiger charge is -2.36. The van der Waals surface area contributed by atoms with Gasteiger partial charge in [0.05, 0.1) is 0 Å². The molecule has 0 fully saturated rings. The van der Waals surface area contributed by atoms with E-state index in [-0.39, 0.29) is 24.8 Å². The highest BCUT2D eigenvalue weighted by atomic mass is 16.6. The zero-order valence-electron chi connectivity index (χ0n) is 31.6. The van der Waals surface area contributed by atoms with Gasteiger partial charge in [-0.2, -0.15) is 0 Å². The fourth-order valence-electron chi connectivity index (χ4n) is 5.48. The molecule has 0 radical (unpaired) electrons. The second-order valence-electron chi connectivity index (χ2n) is 15.4. The average Bonchev–Trinajstić information content (AvgIpc) is 2.98. The number of amides is 3. The monoisotopic (exact) mass is 679 g/mol. The van der Waals surface area contributed by atoms with Crippen LogP contribution in [-0.4, -0.2) is 58.6 Å². The van der Waals surface area contributed by atoms with Crippen LogP contribution in [-0.2, 0) is 30.3 Å². The third kappa shape index (κ3) is 15.5. The Hall–Kier alpha value is -3.88. The van der Waals surface area contributed by atoms with Crippen molar-refractivity contribution in [2.45, 2.75) is 144 Å². The number of nitrogens with zero attached hydrogens (tertiary/aromatic N) is 1. The summed E-state index contributed by atoms with van der Waals surface area (Å²) < 4.78 is 11.3. The Morgan fingerprint density at radius 2 is 1.35 bits per heavy atom. The predicted molar refractivity (Wildman–Crippen MR) is 195 cm³/mol. The van der Waals surface area contributed by atoms with E-state index in [0.717, 1.165) is 36.8 Å². The van der Waals surface area contributed by atoms with Crippen LogP contribution >= 0.6 is 0 Å². The Kier molecular flexibility index (Phi) is 16.3. The molecular weight excluding hydrogens is 618 g/mol. The highest BCUT2D eigenvalue weighted by Gasteiger charge is 2.38. The van der Waals surface area contributed by atoms with E-state index >= 15 is 0 Å². The van der Waals surface area contributed by atoms with Crippen molar-refractivity contribution in [2.75, 3.05) is 6.54 Å². The molecule has 9 heteroatoms. The molecule has 3 unspecified atom stereocenters. The summed E-state index contributed by atoms with van der Waals surface area (Å²) in [4.78, 5) is 57.4. The topological polar surface area (TPSA) is 114 Å². The molecule has 2 N–H and O–H groups in total. The molecule has 0 heterocycles. The van der Waals surface area contributed by atoms with Gasteiger partial charge in [-0.25, -0.2) is 9.59 Å². The number of alkyl carbamates (subject to hydrolysis) is 1. The van der Waals surface area contributed by atoms with Crippen LogP contribution in [0.4, 0.5) is 4.79 Å². The molecule has 0 spiro atoms. The van der Waals surface area contributed by atoms with Gasteiger partial charge in [-0.05, 0) is 78.4 Å². The Balaban J connectivity index is 2.62. The van der Waals surface area contributed by atoms with Crippen LogP contribution in [0.15, 0.2) is 54.6 Å². The van der Waals surface area contributed by atoms with Crippen molar-refractivity contribution >= 4 is 23.9 Å². The van der Waals surface area contributed by atoms with Crippen molar-refractivity contribution in [1.29, 1.82) is 0 Å². The molecule has 0 aliphatic heterocycles. The van der Waals surface area contributed by atoms with E-state index in [2.05, 4.69) is 17.6 Å². The fraction of sp³-hybridized carbons (Fsp3) is 0.600. The molecule has 272 valence electrons. The Bertz CT molecular complexity index is 1330. The van der Waals surface area contributed by atoms with Crippen LogP contribution in [0.25, 0.3) is 0 Å². The average molecular weight is 680 g/mol. The minimum atomic E-state index is -1.07. The van der Waals surface area contributed by atoms with Gasteiger partial charge < -0.3 is 25.0 Å². The summed E-state index contributed by atoms with van der Waals surface area (Å²) in [6, 6.07) is 13.9. The second kappa shape index (κ2) is 19.3. The van der Waals surface area contributed by atoms with E-state index in [1.165, 1.54) is 0 Å². The molecule has 2 rings (SSSR count). The number of nitrogens with one attached hydrogen (secondary N) is 2. The lowest BCUT2D eigenvalue weighted by Crippen LogP contribution is -2.55. The molecule has 9 nitrogen and oxygen atoms in total. The molecule has 0 bridgehead atoms. The minimum Gasteiger partial charge on any atom is -0.458 e. The molecule has 0 aromatic heterocycles. The molecule has 3 atom stereocenters. The Morgan fingerprint density at radius 3 is 1.90 bits per heavy atom. The number of unbranched alkanes of at least 4 members (excludes halogenated alkanes) is 4. The molecule has 2 aromatic carbocycles. The summed E-state index contributed by atoms with van der Waals surface area (Å²) in [5.41, 5.74) is 0.931. The first-order valence-electron chi connectivity index (χ1n) is 17.8. The van der Waals surface area contributed by atoms with Crippen LogP contribution in [0.3, 0.4) is 0 Å². The summed E-state index contributed by atoms with van der Waals surface area (Å²) in [6.45, 7) is 19.0. The lowest BCUT2D eigenvalue weighted by atomic mass is 9.97. The number of carbonyl (C=O) groups is 4. The summed E-state index contributed by atoms with van der Waals surface area (Å²) in [7, 11) is 0. The summed E-state index contributed by atoms with van der Waals surface area (Å²) >= 11 is 0. The van der Waals surface area contributed by atoms with Gasteiger partial charge in [0.2, 0.25) is 11.8 Å². The van der Waals surface area contributed by atoms with Crippen molar-refractivity contribution in [1.82, 2.24) is 15.5 Å². The maximum absolute atomic E-state index is 14.7. The van der Waals surface area contributed by atoms with Gasteiger partial charge in [-0.3, -0.25) is 9.59 Å². The first-order valence-corrected chi connectivity index (χ1v) is 17.8. The van der Waals surface area contributed by atoms with Crippen molar-refractivity contribution in [3.05, 3.63) is 71.3 Å². The molecule has 0 aliphatic carbocycles. The highest BCUT2D eigenvalue weighted by Crippen LogP contribution is 2.26. The summed E-state index contributed by atoms with van der Waals surface area (Å²) in [6.07, 6.45) is 4.56. The van der Waals surface area contributed by atoms with E-state index < -0.39 is 47.3 Å². The van der Waals surface area contributed by atoms with Crippen LogP contribution in [0.2, 0.25) is 0 Å².